The highest BCUT2D eigenvalue weighted by Gasteiger charge is 2.05. The Bertz CT molecular complexity index is 737. The van der Waals surface area contributed by atoms with Crippen molar-refractivity contribution in [1.29, 1.82) is 0 Å². The van der Waals surface area contributed by atoms with Crippen LogP contribution in [0.1, 0.15) is 9.75 Å². The molecule has 0 spiro atoms. The molecule has 0 saturated heterocycles. The smallest absolute Gasteiger partial charge is 0.163 e. The van der Waals surface area contributed by atoms with E-state index in [0.29, 0.717) is 11.6 Å². The Morgan fingerprint density at radius 2 is 1.90 bits per heavy atom. The van der Waals surface area contributed by atoms with Crippen LogP contribution in [0.15, 0.2) is 48.5 Å². The van der Waals surface area contributed by atoms with Gasteiger partial charge in [0.15, 0.2) is 5.82 Å². The fraction of sp³-hybridized carbons (Fsp3) is 0.125. The summed E-state index contributed by atoms with van der Waals surface area (Å²) in [4.78, 5) is 11.4. The summed E-state index contributed by atoms with van der Waals surface area (Å²) in [5.41, 5.74) is 6.84. The molecule has 3 rings (SSSR count). The Morgan fingerprint density at radius 1 is 1.10 bits per heavy atom. The third-order valence-corrected chi connectivity index (χ3v) is 4.02. The summed E-state index contributed by atoms with van der Waals surface area (Å²) in [5, 5.41) is 3.30. The lowest BCUT2D eigenvalue weighted by molar-refractivity contribution is 1.11. The van der Waals surface area contributed by atoms with Gasteiger partial charge in [0.1, 0.15) is 11.6 Å². The highest BCUT2D eigenvalue weighted by atomic mass is 32.1. The topological polar surface area (TPSA) is 63.8 Å². The van der Waals surface area contributed by atoms with Gasteiger partial charge in [0.25, 0.3) is 0 Å². The molecular weight excluding hydrogens is 280 g/mol. The van der Waals surface area contributed by atoms with Crippen LogP contribution >= 0.6 is 11.3 Å². The number of hydrogen-bond donors (Lipinski definition) is 2. The molecule has 1 aromatic carbocycles. The number of hydrogen-bond acceptors (Lipinski definition) is 5. The molecule has 0 amide bonds. The quantitative estimate of drug-likeness (QED) is 0.770. The van der Waals surface area contributed by atoms with Gasteiger partial charge in [-0.2, -0.15) is 0 Å². The van der Waals surface area contributed by atoms with Gasteiger partial charge in [0.2, 0.25) is 0 Å². The number of aryl methyl sites for hydroxylation is 1. The van der Waals surface area contributed by atoms with E-state index >= 15 is 0 Å². The van der Waals surface area contributed by atoms with Gasteiger partial charge in [-0.1, -0.05) is 30.3 Å². The second kappa shape index (κ2) is 5.93. The van der Waals surface area contributed by atoms with Crippen LogP contribution < -0.4 is 11.1 Å². The first-order valence-corrected chi connectivity index (χ1v) is 7.51. The van der Waals surface area contributed by atoms with Gasteiger partial charge in [-0.05, 0) is 19.1 Å². The Labute approximate surface area is 127 Å². The average molecular weight is 296 g/mol. The van der Waals surface area contributed by atoms with E-state index in [1.165, 1.54) is 9.75 Å². The number of nitrogens with zero attached hydrogens (tertiary/aromatic N) is 2. The predicted molar refractivity (Wildman–Crippen MR) is 88.3 cm³/mol. The number of nitrogens with two attached hydrogens (primary N) is 1. The lowest BCUT2D eigenvalue weighted by atomic mass is 10.2. The molecule has 0 fully saturated rings. The predicted octanol–water partition coefficient (Wildman–Crippen LogP) is 3.71. The molecule has 0 atom stereocenters. The normalized spacial score (nSPS) is 10.5. The van der Waals surface area contributed by atoms with Gasteiger partial charge in [0, 0.05) is 21.4 Å². The van der Waals surface area contributed by atoms with Crippen LogP contribution in [0.25, 0.3) is 11.4 Å². The summed E-state index contributed by atoms with van der Waals surface area (Å²) in [6.07, 6.45) is 0. The van der Waals surface area contributed by atoms with E-state index in [1.54, 1.807) is 17.4 Å². The number of nitrogens with one attached hydrogen (secondary N) is 1. The fourth-order valence-corrected chi connectivity index (χ4v) is 2.86. The second-order valence-electron chi connectivity index (χ2n) is 4.73. The van der Waals surface area contributed by atoms with E-state index in [9.17, 15) is 0 Å². The minimum absolute atomic E-state index is 0.466. The van der Waals surface area contributed by atoms with Crippen molar-refractivity contribution in [2.24, 2.45) is 0 Å². The Morgan fingerprint density at radius 3 is 2.62 bits per heavy atom. The summed E-state index contributed by atoms with van der Waals surface area (Å²) in [6.45, 7) is 2.84. The number of nitrogen functional groups attached to an aromatic ring is 1. The van der Waals surface area contributed by atoms with Crippen LogP contribution in [0.2, 0.25) is 0 Å². The van der Waals surface area contributed by atoms with Gasteiger partial charge in [-0.3, -0.25) is 0 Å². The Balaban J connectivity index is 1.81. The first-order chi connectivity index (χ1) is 10.2. The molecule has 106 valence electrons. The first kappa shape index (κ1) is 13.6. The summed E-state index contributed by atoms with van der Waals surface area (Å²) in [7, 11) is 0. The second-order valence-corrected chi connectivity index (χ2v) is 6.11. The number of anilines is 2. The van der Waals surface area contributed by atoms with Gasteiger partial charge < -0.3 is 11.1 Å². The molecular formula is C16H16N4S. The molecule has 3 aromatic rings. The van der Waals surface area contributed by atoms with Crippen molar-refractivity contribution in [3.05, 3.63) is 58.3 Å². The lowest BCUT2D eigenvalue weighted by Gasteiger charge is -2.07. The maximum absolute atomic E-state index is 5.88. The largest absolute Gasteiger partial charge is 0.384 e. The number of rotatable bonds is 4. The van der Waals surface area contributed by atoms with E-state index in [0.717, 1.165) is 17.9 Å². The Kier molecular flexibility index (Phi) is 3.83. The van der Waals surface area contributed by atoms with E-state index < -0.39 is 0 Å². The molecule has 4 nitrogen and oxygen atoms in total. The van der Waals surface area contributed by atoms with Crippen molar-refractivity contribution in [3.63, 3.8) is 0 Å². The van der Waals surface area contributed by atoms with Crippen molar-refractivity contribution in [3.8, 4) is 11.4 Å². The van der Waals surface area contributed by atoms with E-state index in [1.807, 2.05) is 30.3 Å². The molecule has 0 radical (unpaired) electrons. The fourth-order valence-electron chi connectivity index (χ4n) is 2.03. The highest BCUT2D eigenvalue weighted by molar-refractivity contribution is 7.11. The van der Waals surface area contributed by atoms with Crippen LogP contribution in [-0.2, 0) is 6.54 Å². The molecule has 3 N–H and O–H groups in total. The minimum atomic E-state index is 0.466. The third kappa shape index (κ3) is 3.38. The first-order valence-electron chi connectivity index (χ1n) is 6.70. The van der Waals surface area contributed by atoms with Crippen LogP contribution in [0.5, 0.6) is 0 Å². The van der Waals surface area contributed by atoms with Crippen molar-refractivity contribution >= 4 is 23.0 Å². The monoisotopic (exact) mass is 296 g/mol. The maximum Gasteiger partial charge on any atom is 0.163 e. The zero-order valence-electron chi connectivity index (χ0n) is 11.7. The lowest BCUT2D eigenvalue weighted by Crippen LogP contribution is -2.04. The number of thiophene rings is 1. The molecule has 21 heavy (non-hydrogen) atoms. The molecule has 0 aliphatic carbocycles. The standard InChI is InChI=1S/C16H16N4S/c1-11-7-8-13(21-11)10-18-15-9-14(17)19-16(20-15)12-5-3-2-4-6-12/h2-9H,10H2,1H3,(H3,17,18,19,20). The van der Waals surface area contributed by atoms with Gasteiger partial charge in [-0.25, -0.2) is 9.97 Å². The summed E-state index contributed by atoms with van der Waals surface area (Å²) in [5.74, 6) is 1.85. The molecule has 0 aliphatic rings. The molecule has 2 aromatic heterocycles. The minimum Gasteiger partial charge on any atom is -0.384 e. The van der Waals surface area contributed by atoms with Crippen LogP contribution in [0, 0.1) is 6.92 Å². The van der Waals surface area contributed by atoms with Crippen molar-refractivity contribution in [1.82, 2.24) is 9.97 Å². The highest BCUT2D eigenvalue weighted by Crippen LogP contribution is 2.20. The van der Waals surface area contributed by atoms with E-state index in [2.05, 4.69) is 34.3 Å². The molecule has 2 heterocycles. The molecule has 0 saturated carbocycles. The van der Waals surface area contributed by atoms with Crippen molar-refractivity contribution in [2.75, 3.05) is 11.1 Å². The molecule has 5 heteroatoms. The summed E-state index contributed by atoms with van der Waals surface area (Å²) >= 11 is 1.77. The molecule has 0 bridgehead atoms. The zero-order valence-corrected chi connectivity index (χ0v) is 12.5. The summed E-state index contributed by atoms with van der Waals surface area (Å²) in [6, 6.07) is 15.8. The SMILES string of the molecule is Cc1ccc(CNc2cc(N)nc(-c3ccccc3)n2)s1. The van der Waals surface area contributed by atoms with Crippen LogP contribution in [0.4, 0.5) is 11.6 Å². The van der Waals surface area contributed by atoms with Gasteiger partial charge in [0.05, 0.1) is 6.54 Å². The maximum atomic E-state index is 5.88. The average Bonchev–Trinajstić information content (AvgIpc) is 2.91. The van der Waals surface area contributed by atoms with E-state index in [-0.39, 0.29) is 0 Å². The third-order valence-electron chi connectivity index (χ3n) is 3.02. The molecule has 0 aliphatic heterocycles. The van der Waals surface area contributed by atoms with Crippen molar-refractivity contribution in [2.45, 2.75) is 13.5 Å². The van der Waals surface area contributed by atoms with Gasteiger partial charge >= 0.3 is 0 Å². The number of aromatic nitrogens is 2. The Hall–Kier alpha value is -2.40. The van der Waals surface area contributed by atoms with E-state index in [4.69, 9.17) is 5.73 Å². The molecule has 0 unspecified atom stereocenters. The zero-order chi connectivity index (χ0) is 14.7. The van der Waals surface area contributed by atoms with Gasteiger partial charge in [-0.15, -0.1) is 11.3 Å². The van der Waals surface area contributed by atoms with Crippen molar-refractivity contribution < 1.29 is 0 Å². The number of benzene rings is 1. The van der Waals surface area contributed by atoms with Crippen LogP contribution in [0.3, 0.4) is 0 Å². The van der Waals surface area contributed by atoms with Crippen LogP contribution in [-0.4, -0.2) is 9.97 Å². The summed E-state index contributed by atoms with van der Waals surface area (Å²) < 4.78 is 0.